The second-order valence-corrected chi connectivity index (χ2v) is 10.5. The monoisotopic (exact) mass is 252 g/mol. The molecule has 0 saturated carbocycles. The van der Waals surface area contributed by atoms with E-state index in [1.807, 2.05) is 24.3 Å². The lowest BCUT2D eigenvalue weighted by Crippen LogP contribution is -2.39. The summed E-state index contributed by atoms with van der Waals surface area (Å²) in [6.07, 6.45) is 0. The van der Waals surface area contributed by atoms with Crippen molar-refractivity contribution < 1.29 is 4.74 Å². The van der Waals surface area contributed by atoms with Crippen molar-refractivity contribution in [1.29, 1.82) is 0 Å². The minimum atomic E-state index is -1.55. The number of rotatable bonds is 5. The number of ether oxygens (including phenoxy) is 1. The van der Waals surface area contributed by atoms with E-state index in [-0.39, 0.29) is 5.67 Å². The lowest BCUT2D eigenvalue weighted by molar-refractivity contribution is 0.315. The average Bonchev–Trinajstić information content (AvgIpc) is 2.28. The van der Waals surface area contributed by atoms with Gasteiger partial charge in [0, 0.05) is 7.05 Å². The number of methoxy groups -OCH3 is 1. The molecule has 1 rings (SSSR count). The molecule has 0 N–H and O–H groups in total. The van der Waals surface area contributed by atoms with Crippen molar-refractivity contribution in [3.05, 3.63) is 34.7 Å². The third-order valence-electron chi connectivity index (χ3n) is 2.75. The molecule has 1 aromatic rings. The minimum Gasteiger partial charge on any atom is -0.497 e. The smallest absolute Gasteiger partial charge is 0.118 e. The maximum absolute atomic E-state index is 10.8. The van der Waals surface area contributed by atoms with Crippen LogP contribution in [0.5, 0.6) is 5.75 Å². The predicted molar refractivity (Wildman–Crippen MR) is 72.6 cm³/mol. The maximum Gasteiger partial charge on any atom is 0.118 e. The molecule has 0 aromatic heterocycles. The minimum absolute atomic E-state index is 0.0888. The Morgan fingerprint density at radius 2 is 1.76 bits per heavy atom. The summed E-state index contributed by atoms with van der Waals surface area (Å²) in [6, 6.07) is 7.84. The lowest BCUT2D eigenvalue weighted by Gasteiger charge is -2.33. The molecule has 0 saturated heterocycles. The summed E-state index contributed by atoms with van der Waals surface area (Å²) < 4.78 is 5.13. The van der Waals surface area contributed by atoms with Gasteiger partial charge in [-0.3, -0.25) is 5.01 Å². The number of nitroso groups, excluding NO2 is 1. The molecule has 94 valence electrons. The van der Waals surface area contributed by atoms with Gasteiger partial charge >= 0.3 is 0 Å². The van der Waals surface area contributed by atoms with Crippen LogP contribution in [0.2, 0.25) is 19.6 Å². The van der Waals surface area contributed by atoms with Gasteiger partial charge in [0.25, 0.3) is 0 Å². The first-order chi connectivity index (χ1) is 7.90. The van der Waals surface area contributed by atoms with Crippen LogP contribution in [0.3, 0.4) is 0 Å². The van der Waals surface area contributed by atoms with Crippen LogP contribution in [0, 0.1) is 4.91 Å². The molecule has 1 unspecified atom stereocenters. The third-order valence-corrected chi connectivity index (χ3v) is 5.10. The van der Waals surface area contributed by atoms with E-state index in [0.717, 1.165) is 11.3 Å². The highest BCUT2D eigenvalue weighted by molar-refractivity contribution is 6.77. The van der Waals surface area contributed by atoms with Gasteiger partial charge in [0.15, 0.2) is 0 Å². The van der Waals surface area contributed by atoms with Crippen LogP contribution in [0.15, 0.2) is 29.6 Å². The van der Waals surface area contributed by atoms with Crippen molar-refractivity contribution in [3.63, 3.8) is 0 Å². The van der Waals surface area contributed by atoms with E-state index >= 15 is 0 Å². The molecular weight excluding hydrogens is 232 g/mol. The van der Waals surface area contributed by atoms with Crippen LogP contribution in [0.25, 0.3) is 0 Å². The van der Waals surface area contributed by atoms with Gasteiger partial charge < -0.3 is 4.74 Å². The number of nitrogens with zero attached hydrogens (tertiary/aromatic N) is 2. The first-order valence-corrected chi connectivity index (χ1v) is 9.18. The average molecular weight is 252 g/mol. The van der Waals surface area contributed by atoms with Crippen LogP contribution in [-0.2, 0) is 0 Å². The third kappa shape index (κ3) is 3.29. The second kappa shape index (κ2) is 5.31. The Morgan fingerprint density at radius 3 is 2.12 bits per heavy atom. The summed E-state index contributed by atoms with van der Waals surface area (Å²) in [5.74, 6) is 0.824. The van der Waals surface area contributed by atoms with Crippen molar-refractivity contribution in [1.82, 2.24) is 5.01 Å². The van der Waals surface area contributed by atoms with Gasteiger partial charge in [0.1, 0.15) is 5.75 Å². The van der Waals surface area contributed by atoms with Gasteiger partial charge in [0.2, 0.25) is 0 Å². The SMILES string of the molecule is COc1ccc(C(N(C)N=O)[Si](C)(C)C)cc1. The van der Waals surface area contributed by atoms with Crippen molar-refractivity contribution in [3.8, 4) is 5.75 Å². The molecule has 0 amide bonds. The lowest BCUT2D eigenvalue weighted by atomic mass is 10.2. The molecule has 0 aliphatic heterocycles. The van der Waals surface area contributed by atoms with E-state index in [2.05, 4.69) is 24.9 Å². The highest BCUT2D eigenvalue weighted by Crippen LogP contribution is 2.30. The van der Waals surface area contributed by atoms with Gasteiger partial charge in [-0.05, 0) is 17.7 Å². The molecule has 0 aliphatic rings. The fraction of sp³-hybridized carbons (Fsp3) is 0.500. The molecule has 0 radical (unpaired) electrons. The molecule has 0 fully saturated rings. The summed E-state index contributed by atoms with van der Waals surface area (Å²) in [6.45, 7) is 6.68. The van der Waals surface area contributed by atoms with Crippen LogP contribution < -0.4 is 4.74 Å². The largest absolute Gasteiger partial charge is 0.497 e. The molecule has 0 heterocycles. The summed E-state index contributed by atoms with van der Waals surface area (Å²) in [5.41, 5.74) is 1.21. The second-order valence-electron chi connectivity index (χ2n) is 5.20. The van der Waals surface area contributed by atoms with Crippen LogP contribution >= 0.6 is 0 Å². The van der Waals surface area contributed by atoms with Crippen molar-refractivity contribution >= 4 is 8.07 Å². The van der Waals surface area contributed by atoms with E-state index in [0.29, 0.717) is 0 Å². The van der Waals surface area contributed by atoms with Gasteiger partial charge in [0.05, 0.1) is 26.1 Å². The van der Waals surface area contributed by atoms with Gasteiger partial charge in [-0.25, -0.2) is 0 Å². The van der Waals surface area contributed by atoms with E-state index in [1.165, 1.54) is 5.01 Å². The Morgan fingerprint density at radius 1 is 1.24 bits per heavy atom. The highest BCUT2D eigenvalue weighted by atomic mass is 28.3. The Bertz CT molecular complexity index is 373. The summed E-state index contributed by atoms with van der Waals surface area (Å²) in [4.78, 5) is 10.8. The zero-order valence-electron chi connectivity index (χ0n) is 11.1. The van der Waals surface area contributed by atoms with Crippen LogP contribution in [0.1, 0.15) is 11.2 Å². The zero-order valence-corrected chi connectivity index (χ0v) is 12.1. The molecule has 1 aromatic carbocycles. The standard InChI is InChI=1S/C12H20N2O2Si/c1-14(13-15)12(17(3,4)5)10-6-8-11(16-2)9-7-10/h6-9,12H,1-5H3. The number of hydrogen-bond acceptors (Lipinski definition) is 3. The molecule has 0 aliphatic carbocycles. The first kappa shape index (κ1) is 13.7. The normalized spacial score (nSPS) is 13.0. The fourth-order valence-corrected chi connectivity index (χ4v) is 4.47. The molecule has 0 bridgehead atoms. The van der Waals surface area contributed by atoms with E-state index in [9.17, 15) is 4.91 Å². The van der Waals surface area contributed by atoms with Crippen LogP contribution in [-0.4, -0.2) is 27.2 Å². The molecule has 5 heteroatoms. The van der Waals surface area contributed by atoms with E-state index in [4.69, 9.17) is 4.74 Å². The Labute approximate surface area is 104 Å². The van der Waals surface area contributed by atoms with Crippen molar-refractivity contribution in [2.75, 3.05) is 14.2 Å². The molecule has 1 atom stereocenters. The maximum atomic E-state index is 10.8. The van der Waals surface area contributed by atoms with Gasteiger partial charge in [-0.2, -0.15) is 0 Å². The molecule has 0 spiro atoms. The topological polar surface area (TPSA) is 41.9 Å². The van der Waals surface area contributed by atoms with E-state index in [1.54, 1.807) is 14.2 Å². The number of benzene rings is 1. The van der Waals surface area contributed by atoms with Gasteiger partial charge in [-0.15, -0.1) is 4.91 Å². The number of hydrogen-bond donors (Lipinski definition) is 0. The molecular formula is C12H20N2O2Si. The molecule has 17 heavy (non-hydrogen) atoms. The predicted octanol–water partition coefficient (Wildman–Crippen LogP) is 3.23. The van der Waals surface area contributed by atoms with Crippen LogP contribution in [0.4, 0.5) is 0 Å². The zero-order chi connectivity index (χ0) is 13.1. The summed E-state index contributed by atoms with van der Waals surface area (Å²) >= 11 is 0. The summed E-state index contributed by atoms with van der Waals surface area (Å²) in [7, 11) is 1.83. The Balaban J connectivity index is 3.09. The van der Waals surface area contributed by atoms with Gasteiger partial charge in [-0.1, -0.05) is 31.8 Å². The highest BCUT2D eigenvalue weighted by Gasteiger charge is 2.32. The summed E-state index contributed by atoms with van der Waals surface area (Å²) in [5, 5.41) is 4.58. The quantitative estimate of drug-likeness (QED) is 0.459. The van der Waals surface area contributed by atoms with Crippen molar-refractivity contribution in [2.24, 2.45) is 5.29 Å². The fourth-order valence-electron chi connectivity index (χ4n) is 2.11. The van der Waals surface area contributed by atoms with E-state index < -0.39 is 8.07 Å². The Kier molecular flexibility index (Phi) is 4.28. The molecule has 4 nitrogen and oxygen atoms in total. The first-order valence-electron chi connectivity index (χ1n) is 5.60. The Hall–Kier alpha value is -1.36. The van der Waals surface area contributed by atoms with Crippen molar-refractivity contribution in [2.45, 2.75) is 25.3 Å².